The normalized spacial score (nSPS) is 17.0. The van der Waals surface area contributed by atoms with Crippen molar-refractivity contribution in [1.29, 1.82) is 0 Å². The number of aliphatic hydroxyl groups is 5. The van der Waals surface area contributed by atoms with Crippen molar-refractivity contribution in [2.75, 3.05) is 6.61 Å². The Bertz CT molecular complexity index is 237. The number of aliphatic hydroxyl groups excluding tert-OH is 5. The van der Waals surface area contributed by atoms with Gasteiger partial charge in [0.2, 0.25) is 0 Å². The summed E-state index contributed by atoms with van der Waals surface area (Å²) in [5.74, 6) is -1.73. The fourth-order valence-corrected chi connectivity index (χ4v) is 0.668. The first-order valence-corrected chi connectivity index (χ1v) is 4.13. The van der Waals surface area contributed by atoms with Gasteiger partial charge in [0.1, 0.15) is 18.3 Å². The van der Waals surface area contributed by atoms with E-state index in [1.807, 2.05) is 0 Å². The summed E-state index contributed by atoms with van der Waals surface area (Å²) in [6.45, 7) is -0.843. The van der Waals surface area contributed by atoms with Crippen molar-refractivity contribution >= 4 is 12.1 Å². The lowest BCUT2D eigenvalue weighted by molar-refractivity contribution is -0.164. The first-order valence-electron chi connectivity index (χ1n) is 4.13. The molecule has 0 aromatic rings. The van der Waals surface area contributed by atoms with Gasteiger partial charge in [0.05, 0.1) is 6.61 Å². The molecule has 0 spiro atoms. The van der Waals surface area contributed by atoms with Gasteiger partial charge in [-0.05, 0) is 0 Å². The minimum Gasteiger partial charge on any atom is -0.479 e. The van der Waals surface area contributed by atoms with Gasteiger partial charge in [-0.1, -0.05) is 0 Å². The van der Waals surface area contributed by atoms with E-state index >= 15 is 0 Å². The van der Waals surface area contributed by atoms with Crippen LogP contribution in [0.15, 0.2) is 0 Å². The second-order valence-corrected chi connectivity index (χ2v) is 2.80. The van der Waals surface area contributed by atoms with Crippen molar-refractivity contribution in [2.24, 2.45) is 0 Å². The molecule has 0 aromatic carbocycles. The zero-order valence-corrected chi connectivity index (χ0v) is 8.41. The third-order valence-electron chi connectivity index (χ3n) is 1.51. The van der Waals surface area contributed by atoms with Gasteiger partial charge in [0, 0.05) is 0 Å². The maximum atomic E-state index is 10.1. The number of carboxylic acid groups (broad SMARTS) is 3. The molecule has 0 unspecified atom stereocenters. The number of hydrogen-bond acceptors (Lipinski definition) is 7. The van der Waals surface area contributed by atoms with Crippen molar-refractivity contribution in [1.82, 2.24) is 0 Å². The van der Waals surface area contributed by atoms with E-state index in [1.54, 1.807) is 0 Å². The Balaban J connectivity index is 0. The van der Waals surface area contributed by atoms with E-state index in [2.05, 4.69) is 0 Å². The van der Waals surface area contributed by atoms with Crippen molar-refractivity contribution in [3.63, 3.8) is 0 Å². The first-order chi connectivity index (χ1) is 7.64. The van der Waals surface area contributed by atoms with Gasteiger partial charge in [-0.15, -0.1) is 0 Å². The Morgan fingerprint density at radius 3 is 1.47 bits per heavy atom. The molecule has 0 bridgehead atoms. The van der Waals surface area contributed by atoms with Gasteiger partial charge < -0.3 is 40.9 Å². The molecule has 0 aliphatic carbocycles. The van der Waals surface area contributed by atoms with Gasteiger partial charge in [0.15, 0.2) is 6.10 Å². The summed E-state index contributed by atoms with van der Waals surface area (Å²) in [5, 5.41) is 65.8. The predicted octanol–water partition coefficient (Wildman–Crippen LogP) is -3.27. The Labute approximate surface area is 94.6 Å². The van der Waals surface area contributed by atoms with Crippen LogP contribution in [0.3, 0.4) is 0 Å². The Hall–Kier alpha value is -1.46. The Morgan fingerprint density at radius 1 is 0.882 bits per heavy atom. The maximum absolute atomic E-state index is 10.1. The summed E-state index contributed by atoms with van der Waals surface area (Å²) in [7, 11) is 0. The molecule has 17 heavy (non-hydrogen) atoms. The minimum atomic E-state index is -2.20. The minimum absolute atomic E-state index is 0.843. The van der Waals surface area contributed by atoms with Crippen LogP contribution in [0.5, 0.6) is 0 Å². The van der Waals surface area contributed by atoms with Gasteiger partial charge >= 0.3 is 12.1 Å². The van der Waals surface area contributed by atoms with Crippen LogP contribution in [0.2, 0.25) is 0 Å². The van der Waals surface area contributed by atoms with Crippen LogP contribution in [0.1, 0.15) is 0 Å². The summed E-state index contributed by atoms with van der Waals surface area (Å²) >= 11 is 0. The van der Waals surface area contributed by atoms with Gasteiger partial charge in [-0.3, -0.25) is 0 Å². The molecule has 0 saturated heterocycles. The molecule has 10 heteroatoms. The second-order valence-electron chi connectivity index (χ2n) is 2.80. The number of rotatable bonds is 5. The highest BCUT2D eigenvalue weighted by Crippen LogP contribution is 2.04. The number of aliphatic carboxylic acids is 1. The van der Waals surface area contributed by atoms with Crippen molar-refractivity contribution in [3.05, 3.63) is 0 Å². The lowest BCUT2D eigenvalue weighted by atomic mass is 10.0. The van der Waals surface area contributed by atoms with Crippen molar-refractivity contribution in [2.45, 2.75) is 24.4 Å². The van der Waals surface area contributed by atoms with E-state index in [-0.39, 0.29) is 0 Å². The topological polar surface area (TPSA) is 196 Å². The van der Waals surface area contributed by atoms with Crippen LogP contribution < -0.4 is 0 Å². The summed E-state index contributed by atoms with van der Waals surface area (Å²) in [4.78, 5) is 18.6. The highest BCUT2D eigenvalue weighted by molar-refractivity contribution is 5.72. The number of carboxylic acids is 1. The summed E-state index contributed by atoms with van der Waals surface area (Å²) in [6.07, 6.45) is -9.67. The summed E-state index contributed by atoms with van der Waals surface area (Å²) in [6, 6.07) is 0. The summed E-state index contributed by atoms with van der Waals surface area (Å²) < 4.78 is 0. The van der Waals surface area contributed by atoms with Gasteiger partial charge in [-0.25, -0.2) is 9.59 Å². The zero-order valence-electron chi connectivity index (χ0n) is 8.41. The maximum Gasteiger partial charge on any atom is 0.503 e. The molecule has 0 rings (SSSR count). The quantitative estimate of drug-likeness (QED) is 0.247. The first kappa shape index (κ1) is 17.9. The predicted molar refractivity (Wildman–Crippen MR) is 49.4 cm³/mol. The van der Waals surface area contributed by atoms with Gasteiger partial charge in [0.25, 0.3) is 0 Å². The zero-order chi connectivity index (χ0) is 14.2. The van der Waals surface area contributed by atoms with E-state index in [4.69, 9.17) is 45.6 Å². The van der Waals surface area contributed by atoms with Crippen LogP contribution in [0.25, 0.3) is 0 Å². The third kappa shape index (κ3) is 8.36. The highest BCUT2D eigenvalue weighted by Gasteiger charge is 2.33. The smallest absolute Gasteiger partial charge is 0.479 e. The van der Waals surface area contributed by atoms with Crippen LogP contribution in [0, 0.1) is 0 Å². The average molecular weight is 258 g/mol. The molecule has 0 amide bonds. The molecule has 0 heterocycles. The standard InChI is InChI=1S/C6H12O7.CH2O3/c7-1-2(8)3(9)4(10)5(11)6(12)13;2-1(3)4/h2-5,7-11H,1H2,(H,12,13);(H2,2,3,4)/t2-,3-,4+,5-;/m1./s1. The Kier molecular flexibility index (Phi) is 9.13. The SMILES string of the molecule is O=C(O)O.O=C(O)[C@H](O)[C@@H](O)[C@H](O)[C@H](O)CO. The molecule has 0 aliphatic rings. The van der Waals surface area contributed by atoms with E-state index in [9.17, 15) is 4.79 Å². The van der Waals surface area contributed by atoms with E-state index in [1.165, 1.54) is 0 Å². The number of carbonyl (C=O) groups is 2. The monoisotopic (exact) mass is 258 g/mol. The van der Waals surface area contributed by atoms with Crippen LogP contribution in [-0.2, 0) is 4.79 Å². The Morgan fingerprint density at radius 2 is 1.24 bits per heavy atom. The summed E-state index contributed by atoms with van der Waals surface area (Å²) in [5.41, 5.74) is 0. The molecule has 10 nitrogen and oxygen atoms in total. The molecular weight excluding hydrogens is 244 g/mol. The molecule has 0 aromatic heterocycles. The fourth-order valence-electron chi connectivity index (χ4n) is 0.668. The molecule has 8 N–H and O–H groups in total. The molecular formula is C7H14O10. The lowest BCUT2D eigenvalue weighted by Crippen LogP contribution is -2.48. The van der Waals surface area contributed by atoms with Crippen LogP contribution in [-0.4, -0.2) is 84.0 Å². The highest BCUT2D eigenvalue weighted by atomic mass is 16.6. The molecule has 0 aliphatic heterocycles. The van der Waals surface area contributed by atoms with E-state index in [0.29, 0.717) is 0 Å². The van der Waals surface area contributed by atoms with E-state index in [0.717, 1.165) is 0 Å². The largest absolute Gasteiger partial charge is 0.503 e. The van der Waals surface area contributed by atoms with Gasteiger partial charge in [-0.2, -0.15) is 0 Å². The van der Waals surface area contributed by atoms with Crippen molar-refractivity contribution < 1.29 is 50.4 Å². The van der Waals surface area contributed by atoms with E-state index < -0.39 is 43.1 Å². The molecule has 0 radical (unpaired) electrons. The fraction of sp³-hybridized carbons (Fsp3) is 0.714. The van der Waals surface area contributed by atoms with Crippen molar-refractivity contribution in [3.8, 4) is 0 Å². The molecule has 0 fully saturated rings. The molecule has 4 atom stereocenters. The van der Waals surface area contributed by atoms with Crippen LogP contribution >= 0.6 is 0 Å². The average Bonchev–Trinajstić information content (AvgIpc) is 2.23. The van der Waals surface area contributed by atoms with Crippen LogP contribution in [0.4, 0.5) is 4.79 Å². The molecule has 102 valence electrons. The third-order valence-corrected chi connectivity index (χ3v) is 1.51. The molecule has 0 saturated carbocycles. The second kappa shape index (κ2) is 8.66. The number of hydrogen-bond donors (Lipinski definition) is 8. The lowest BCUT2D eigenvalue weighted by Gasteiger charge is -2.23.